The van der Waals surface area contributed by atoms with Gasteiger partial charge in [0.25, 0.3) is 0 Å². The first-order chi connectivity index (χ1) is 5.68. The van der Waals surface area contributed by atoms with Crippen LogP contribution in [0.3, 0.4) is 0 Å². The highest BCUT2D eigenvalue weighted by atomic mass is 28.3. The molecule has 0 radical (unpaired) electrons. The molecule has 0 saturated heterocycles. The van der Waals surface area contributed by atoms with Crippen LogP contribution in [0.25, 0.3) is 0 Å². The Bertz CT molecular complexity index is 161. The molecule has 70 valence electrons. The van der Waals surface area contributed by atoms with Crippen molar-refractivity contribution < 1.29 is 8.91 Å². The maximum Gasteiger partial charge on any atom is 0.246 e. The summed E-state index contributed by atoms with van der Waals surface area (Å²) in [4.78, 5) is 11.0. The van der Waals surface area contributed by atoms with E-state index in [9.17, 15) is 4.79 Å². The second kappa shape index (κ2) is 7.26. The van der Waals surface area contributed by atoms with Gasteiger partial charge in [0.1, 0.15) is 20.2 Å². The first-order valence-electron chi connectivity index (χ1n) is 4.11. The Labute approximate surface area is 79.1 Å². The van der Waals surface area contributed by atoms with E-state index in [1.54, 1.807) is 6.92 Å². The zero-order chi connectivity index (χ0) is 9.40. The topological polar surface area (TPSA) is 38.3 Å². The van der Waals surface area contributed by atoms with E-state index in [1.807, 2.05) is 0 Å². The van der Waals surface area contributed by atoms with Crippen LogP contribution < -0.4 is 5.32 Å². The number of hydrogen-bond donors (Lipinski definition) is 1. The fourth-order valence-corrected chi connectivity index (χ4v) is 2.33. The number of hydrogen-bond acceptors (Lipinski definition) is 2. The molecule has 0 bridgehead atoms. The molecule has 0 atom stereocenters. The normalized spacial score (nSPS) is 10.8. The lowest BCUT2D eigenvalue weighted by Crippen LogP contribution is -2.24. The van der Waals surface area contributed by atoms with Crippen LogP contribution in [0.15, 0.2) is 12.2 Å². The molecule has 12 heavy (non-hydrogen) atoms. The molecule has 0 heterocycles. The van der Waals surface area contributed by atoms with Gasteiger partial charge in [-0.2, -0.15) is 0 Å². The van der Waals surface area contributed by atoms with Crippen molar-refractivity contribution in [3.8, 4) is 0 Å². The highest BCUT2D eigenvalue weighted by Crippen LogP contribution is 1.89. The molecule has 0 spiro atoms. The molecule has 0 unspecified atom stereocenters. The van der Waals surface area contributed by atoms with Gasteiger partial charge in [-0.25, -0.2) is 0 Å². The van der Waals surface area contributed by atoms with Gasteiger partial charge in [0.2, 0.25) is 5.91 Å². The second-order valence-corrected chi connectivity index (χ2v) is 6.16. The van der Waals surface area contributed by atoms with Gasteiger partial charge in [-0.15, -0.1) is 0 Å². The van der Waals surface area contributed by atoms with E-state index in [4.69, 9.17) is 4.12 Å². The predicted octanol–water partition coefficient (Wildman–Crippen LogP) is -1.13. The van der Waals surface area contributed by atoms with Crippen molar-refractivity contribution in [2.75, 3.05) is 6.54 Å². The van der Waals surface area contributed by atoms with Crippen LogP contribution in [-0.4, -0.2) is 32.7 Å². The molecule has 0 aromatic carbocycles. The summed E-state index contributed by atoms with van der Waals surface area (Å²) in [6, 6.07) is 1.15. The number of rotatable bonds is 6. The quantitative estimate of drug-likeness (QED) is 0.337. The minimum absolute atomic E-state index is 0.0385. The van der Waals surface area contributed by atoms with Gasteiger partial charge in [0, 0.05) is 12.1 Å². The lowest BCUT2D eigenvalue weighted by molar-refractivity contribution is -0.117. The zero-order valence-corrected chi connectivity index (χ0v) is 11.3. The fourth-order valence-electron chi connectivity index (χ4n) is 0.724. The summed E-state index contributed by atoms with van der Waals surface area (Å²) in [6.45, 7) is 6.01. The third-order valence-electron chi connectivity index (χ3n) is 1.45. The third-order valence-corrected chi connectivity index (χ3v) is 3.87. The molecule has 0 aliphatic rings. The Balaban J connectivity index is 3.20. The second-order valence-electron chi connectivity index (χ2n) is 2.74. The molecule has 0 aliphatic carbocycles. The monoisotopic (exact) mass is 203 g/mol. The molecule has 0 aliphatic heterocycles. The van der Waals surface area contributed by atoms with Crippen molar-refractivity contribution in [1.29, 1.82) is 0 Å². The van der Waals surface area contributed by atoms with Crippen LogP contribution in [0.4, 0.5) is 0 Å². The maximum atomic E-state index is 11.0. The van der Waals surface area contributed by atoms with Gasteiger partial charge in [0.05, 0.1) is 0 Å². The molecule has 1 N–H and O–H groups in total. The summed E-state index contributed by atoms with van der Waals surface area (Å²) in [5.74, 6) is -0.0385. The fraction of sp³-hybridized carbons (Fsp3) is 0.571. The standard InChI is InChI=1S/C7H17NO2Si2/c1-6(2)7(9)8-4-3-5-12-10-11/h1,3-5,12H2,2,11H3,(H,8,9). The van der Waals surface area contributed by atoms with E-state index < -0.39 is 0 Å². The van der Waals surface area contributed by atoms with E-state index in [-0.39, 0.29) is 15.7 Å². The van der Waals surface area contributed by atoms with Gasteiger partial charge in [-0.3, -0.25) is 4.79 Å². The molecular weight excluding hydrogens is 186 g/mol. The average molecular weight is 203 g/mol. The van der Waals surface area contributed by atoms with Crippen molar-refractivity contribution in [3.05, 3.63) is 12.2 Å². The summed E-state index contributed by atoms with van der Waals surface area (Å²) in [5, 5.41) is 2.78. The van der Waals surface area contributed by atoms with Crippen LogP contribution in [0.5, 0.6) is 0 Å². The maximum absolute atomic E-state index is 11.0. The number of carbonyl (C=O) groups excluding carboxylic acids is 1. The van der Waals surface area contributed by atoms with Gasteiger partial charge < -0.3 is 9.43 Å². The van der Waals surface area contributed by atoms with Gasteiger partial charge in [-0.05, 0) is 19.4 Å². The molecule has 0 saturated carbocycles. The smallest absolute Gasteiger partial charge is 0.246 e. The van der Waals surface area contributed by atoms with Crippen LogP contribution in [0, 0.1) is 0 Å². The Hall–Kier alpha value is -0.396. The molecule has 0 aromatic rings. The summed E-state index contributed by atoms with van der Waals surface area (Å²) in [5.41, 5.74) is 0.575. The molecule has 0 fully saturated rings. The number of nitrogens with one attached hydrogen (secondary N) is 1. The van der Waals surface area contributed by atoms with Crippen LogP contribution in [0.2, 0.25) is 6.04 Å². The first kappa shape index (κ1) is 11.6. The zero-order valence-electron chi connectivity index (χ0n) is 7.85. The van der Waals surface area contributed by atoms with Crippen molar-refractivity contribution in [1.82, 2.24) is 5.32 Å². The Morgan fingerprint density at radius 1 is 1.75 bits per heavy atom. The summed E-state index contributed by atoms with van der Waals surface area (Å²) in [7, 11) is 0.607. The van der Waals surface area contributed by atoms with Crippen molar-refractivity contribution in [3.63, 3.8) is 0 Å². The SMILES string of the molecule is C=C(C)C(=O)NCCC[SiH2]O[SiH3]. The highest BCUT2D eigenvalue weighted by Gasteiger charge is 1.98. The summed E-state index contributed by atoms with van der Waals surface area (Å²) < 4.78 is 5.14. The molecule has 5 heteroatoms. The predicted molar refractivity (Wildman–Crippen MR) is 56.8 cm³/mol. The van der Waals surface area contributed by atoms with Crippen molar-refractivity contribution in [2.45, 2.75) is 19.4 Å². The molecule has 1 amide bonds. The van der Waals surface area contributed by atoms with Crippen LogP contribution in [0.1, 0.15) is 13.3 Å². The molecule has 0 aromatic heterocycles. The lowest BCUT2D eigenvalue weighted by Gasteiger charge is -2.03. The minimum atomic E-state index is -0.255. The van der Waals surface area contributed by atoms with E-state index in [1.165, 1.54) is 0 Å². The van der Waals surface area contributed by atoms with E-state index >= 15 is 0 Å². The van der Waals surface area contributed by atoms with Crippen molar-refractivity contribution >= 4 is 26.2 Å². The Morgan fingerprint density at radius 3 is 2.92 bits per heavy atom. The highest BCUT2D eigenvalue weighted by molar-refractivity contribution is 6.34. The van der Waals surface area contributed by atoms with E-state index in [0.717, 1.165) is 29.5 Å². The Morgan fingerprint density at radius 2 is 2.42 bits per heavy atom. The van der Waals surface area contributed by atoms with Crippen LogP contribution >= 0.6 is 0 Å². The molecular formula is C7H17NO2Si2. The van der Waals surface area contributed by atoms with Gasteiger partial charge in [0.15, 0.2) is 0 Å². The largest absolute Gasteiger partial charge is 0.468 e. The van der Waals surface area contributed by atoms with Crippen molar-refractivity contribution in [2.24, 2.45) is 0 Å². The summed E-state index contributed by atoms with van der Waals surface area (Å²) >= 11 is 0. The third kappa shape index (κ3) is 6.32. The molecule has 0 rings (SSSR count). The van der Waals surface area contributed by atoms with E-state index in [0.29, 0.717) is 5.57 Å². The summed E-state index contributed by atoms with van der Waals surface area (Å²) in [6.07, 6.45) is 1.04. The van der Waals surface area contributed by atoms with Crippen LogP contribution in [-0.2, 0) is 8.91 Å². The first-order valence-corrected chi connectivity index (χ1v) is 6.50. The number of amides is 1. The lowest BCUT2D eigenvalue weighted by atomic mass is 10.3. The van der Waals surface area contributed by atoms with E-state index in [2.05, 4.69) is 11.9 Å². The minimum Gasteiger partial charge on any atom is -0.468 e. The van der Waals surface area contributed by atoms with Gasteiger partial charge >= 0.3 is 0 Å². The molecule has 3 nitrogen and oxygen atoms in total. The average Bonchev–Trinajstić information content (AvgIpc) is 2.03. The van der Waals surface area contributed by atoms with Gasteiger partial charge in [-0.1, -0.05) is 6.58 Å². The Kier molecular flexibility index (Phi) is 7.02. The number of carbonyl (C=O) groups is 1.